The zero-order valence-corrected chi connectivity index (χ0v) is 31.3. The van der Waals surface area contributed by atoms with Crippen LogP contribution in [-0.2, 0) is 30.6 Å². The van der Waals surface area contributed by atoms with Crippen LogP contribution in [0.1, 0.15) is 41.4 Å². The number of aliphatic carboxylic acids is 1. The van der Waals surface area contributed by atoms with Gasteiger partial charge in [-0.15, -0.1) is 40.0 Å². The number of aromatic hydroxyl groups is 2. The molecule has 0 saturated carbocycles. The van der Waals surface area contributed by atoms with Gasteiger partial charge in [0.2, 0.25) is 5.60 Å². The molecule has 4 aromatic rings. The highest BCUT2D eigenvalue weighted by molar-refractivity contribution is 8.01. The number of aliphatic hydroxyl groups excluding tert-OH is 1. The summed E-state index contributed by atoms with van der Waals surface area (Å²) < 4.78 is 1.48. The third-order valence-corrected chi connectivity index (χ3v) is 11.0. The number of phenols is 2. The molecule has 9 N–H and O–H groups in total. The number of carboxylic acid groups (broad SMARTS) is 1. The summed E-state index contributed by atoms with van der Waals surface area (Å²) >= 11 is 3.45. The van der Waals surface area contributed by atoms with Crippen molar-refractivity contribution in [1.82, 2.24) is 45.6 Å². The number of fused-ring (bicyclic) bond motifs is 2. The maximum Gasteiger partial charge on any atom is 0.352 e. The predicted octanol–water partition coefficient (Wildman–Crippen LogP) is -0.134. The molecule has 1 saturated heterocycles. The molecule has 55 heavy (non-hydrogen) atoms. The number of hydrogen-bond acceptors (Lipinski definition) is 18. The van der Waals surface area contributed by atoms with Crippen LogP contribution in [0.4, 0.5) is 5.13 Å². The van der Waals surface area contributed by atoms with E-state index in [2.05, 4.69) is 41.4 Å². The number of amides is 4. The number of nitrogens with one attached hydrogen (secondary N) is 3. The van der Waals surface area contributed by atoms with E-state index in [9.17, 15) is 44.4 Å². The van der Waals surface area contributed by atoms with Gasteiger partial charge in [0.25, 0.3) is 29.4 Å². The number of carbonyl (C=O) groups excluding carboxylic acids is 4. The van der Waals surface area contributed by atoms with E-state index in [1.54, 1.807) is 13.0 Å². The number of carbonyl (C=O) groups is 5. The Morgan fingerprint density at radius 3 is 2.56 bits per heavy atom. The molecule has 4 amide bonds. The van der Waals surface area contributed by atoms with Gasteiger partial charge in [0.05, 0.1) is 12.3 Å². The van der Waals surface area contributed by atoms with Gasteiger partial charge in [0.15, 0.2) is 22.3 Å². The van der Waals surface area contributed by atoms with Gasteiger partial charge in [0, 0.05) is 22.4 Å². The first kappa shape index (κ1) is 38.7. The molecule has 0 radical (unpaired) electrons. The Hall–Kier alpha value is -5.98. The Kier molecular flexibility index (Phi) is 10.8. The molecule has 2 aliphatic heterocycles. The molecule has 2 aliphatic rings. The van der Waals surface area contributed by atoms with Gasteiger partial charge in [-0.1, -0.05) is 5.16 Å². The van der Waals surface area contributed by atoms with E-state index in [1.807, 2.05) is 0 Å². The van der Waals surface area contributed by atoms with Crippen LogP contribution in [0.5, 0.6) is 11.5 Å². The quantitative estimate of drug-likeness (QED) is 0.0231. The molecule has 2 atom stereocenters. The topological polar surface area (TPSA) is 309 Å². The van der Waals surface area contributed by atoms with E-state index in [-0.39, 0.29) is 46.0 Å². The number of aromatic nitrogens is 5. The third-order valence-electron chi connectivity index (χ3n) is 7.95. The Bertz CT molecular complexity index is 2310. The molecule has 0 bridgehead atoms. The summed E-state index contributed by atoms with van der Waals surface area (Å²) in [5.41, 5.74) is 8.25. The molecule has 0 aliphatic carbocycles. The fraction of sp³-hybridized carbons (Fsp3) is 0.290. The number of hydrogen-bond donors (Lipinski definition) is 8. The van der Waals surface area contributed by atoms with Gasteiger partial charge in [-0.25, -0.2) is 14.8 Å². The highest BCUT2D eigenvalue weighted by Gasteiger charge is 2.54. The number of carboxylic acids is 1. The van der Waals surface area contributed by atoms with E-state index in [1.165, 1.54) is 53.3 Å². The minimum absolute atomic E-state index is 0.0424. The Balaban J connectivity index is 1.14. The van der Waals surface area contributed by atoms with Crippen molar-refractivity contribution < 1.29 is 49.2 Å². The van der Waals surface area contributed by atoms with Crippen LogP contribution in [0.2, 0.25) is 0 Å². The molecule has 6 rings (SSSR count). The van der Waals surface area contributed by atoms with Crippen molar-refractivity contribution in [1.29, 1.82) is 0 Å². The number of thiazole rings is 1. The number of benzene rings is 1. The molecule has 0 spiro atoms. The summed E-state index contributed by atoms with van der Waals surface area (Å²) in [6.45, 7) is 3.91. The van der Waals surface area contributed by atoms with E-state index < -0.39 is 63.8 Å². The van der Waals surface area contributed by atoms with Crippen LogP contribution in [0, 0.1) is 6.92 Å². The van der Waals surface area contributed by atoms with Crippen molar-refractivity contribution in [3.8, 4) is 11.5 Å². The first-order valence-corrected chi connectivity index (χ1v) is 18.8. The molecular weight excluding hydrogens is 783 g/mol. The van der Waals surface area contributed by atoms with Crippen molar-refractivity contribution >= 4 is 81.1 Å². The standard InChI is InChI=1S/C31H31N11O10S3/c1-12-33-30-34-15(8-43)7-19(42(30)39-12)53-9-14-10-54-26-21(25(48)41(26)22(14)27(49)50)36-24(47)20(16-11-55-29(32)35-16)40-52-31(2,3)28(51)38-37-23(46)13-4-5-17(44)18(45)6-13/h4-7,11,21,26,43-45H,8-10H2,1-3H3,(H2,32,35)(H,36,47)(H,37,46)(H,38,51)(H,49,50)/t21?,26-/m0/s1. The predicted molar refractivity (Wildman–Crippen MR) is 195 cm³/mol. The summed E-state index contributed by atoms with van der Waals surface area (Å²) in [6, 6.07) is 3.72. The van der Waals surface area contributed by atoms with Crippen LogP contribution in [-0.4, -0.2) is 114 Å². The van der Waals surface area contributed by atoms with Gasteiger partial charge < -0.3 is 36.3 Å². The minimum atomic E-state index is -1.82. The molecule has 21 nitrogen and oxygen atoms in total. The van der Waals surface area contributed by atoms with Crippen molar-refractivity contribution in [3.63, 3.8) is 0 Å². The zero-order chi connectivity index (χ0) is 39.8. The molecule has 1 fully saturated rings. The SMILES string of the molecule is Cc1nc2nc(CO)cc(SCC3=C(C(=O)O)N4C(=O)C(NC(=O)C(=NOC(C)(C)C(=O)NNC(=O)c5ccc(O)c(O)c5)c5csc(N)n5)[C@@H]4SC3)n2n1. The summed E-state index contributed by atoms with van der Waals surface area (Å²) in [7, 11) is 0. The number of β-lactam (4-membered cyclic amide) rings is 1. The number of nitrogen functional groups attached to an aromatic ring is 1. The van der Waals surface area contributed by atoms with Crippen LogP contribution in [0.25, 0.3) is 5.78 Å². The lowest BCUT2D eigenvalue weighted by molar-refractivity contribution is -0.150. The second-order valence-corrected chi connectivity index (χ2v) is 15.2. The van der Waals surface area contributed by atoms with Crippen LogP contribution < -0.4 is 21.9 Å². The first-order chi connectivity index (χ1) is 26.1. The summed E-state index contributed by atoms with van der Waals surface area (Å²) in [4.78, 5) is 84.1. The van der Waals surface area contributed by atoms with E-state index in [0.717, 1.165) is 28.4 Å². The molecule has 24 heteroatoms. The number of anilines is 1. The number of thioether (sulfide) groups is 2. The number of rotatable bonds is 12. The van der Waals surface area contributed by atoms with E-state index in [0.29, 0.717) is 22.1 Å². The van der Waals surface area contributed by atoms with Crippen molar-refractivity contribution in [3.05, 3.63) is 63.7 Å². The Labute approximate surface area is 322 Å². The van der Waals surface area contributed by atoms with Gasteiger partial charge in [-0.05, 0) is 50.6 Å². The van der Waals surface area contributed by atoms with E-state index in [4.69, 9.17) is 10.6 Å². The molecule has 1 aromatic carbocycles. The Morgan fingerprint density at radius 2 is 1.89 bits per heavy atom. The summed E-state index contributed by atoms with van der Waals surface area (Å²) in [5, 5.41) is 51.0. The van der Waals surface area contributed by atoms with Gasteiger partial charge in [-0.2, -0.15) is 9.50 Å². The van der Waals surface area contributed by atoms with Crippen molar-refractivity contribution in [2.45, 2.75) is 49.4 Å². The van der Waals surface area contributed by atoms with Gasteiger partial charge in [-0.3, -0.25) is 34.9 Å². The fourth-order valence-corrected chi connectivity index (χ4v) is 8.19. The molecule has 5 heterocycles. The number of phenolic OH excluding ortho intramolecular Hbond substituents is 2. The van der Waals surface area contributed by atoms with E-state index >= 15 is 0 Å². The number of oxime groups is 1. The molecule has 3 aromatic heterocycles. The zero-order valence-electron chi connectivity index (χ0n) is 28.8. The molecule has 1 unspecified atom stereocenters. The number of nitrogens with two attached hydrogens (primary N) is 1. The van der Waals surface area contributed by atoms with Crippen LogP contribution >= 0.6 is 34.9 Å². The van der Waals surface area contributed by atoms with Crippen LogP contribution in [0.3, 0.4) is 0 Å². The normalized spacial score (nSPS) is 17.1. The summed E-state index contributed by atoms with van der Waals surface area (Å²) in [5.74, 6) is -4.63. The van der Waals surface area contributed by atoms with Gasteiger partial charge in [0.1, 0.15) is 33.7 Å². The first-order valence-electron chi connectivity index (χ1n) is 15.9. The van der Waals surface area contributed by atoms with Crippen molar-refractivity contribution in [2.24, 2.45) is 5.16 Å². The van der Waals surface area contributed by atoms with Crippen molar-refractivity contribution in [2.75, 3.05) is 17.2 Å². The average molecular weight is 814 g/mol. The number of aryl methyl sites for hydroxylation is 1. The summed E-state index contributed by atoms with van der Waals surface area (Å²) in [6.07, 6.45) is 0. The van der Waals surface area contributed by atoms with Crippen LogP contribution in [0.15, 0.2) is 51.1 Å². The largest absolute Gasteiger partial charge is 0.504 e. The monoisotopic (exact) mass is 813 g/mol. The lowest BCUT2D eigenvalue weighted by Crippen LogP contribution is -2.71. The lowest BCUT2D eigenvalue weighted by Gasteiger charge is -2.49. The second kappa shape index (κ2) is 15.4. The highest BCUT2D eigenvalue weighted by Crippen LogP contribution is 2.41. The number of hydrazine groups is 1. The smallest absolute Gasteiger partial charge is 0.352 e. The maximum absolute atomic E-state index is 13.6. The second-order valence-electron chi connectivity index (χ2n) is 12.2. The molecular formula is C31H31N11O10S3. The average Bonchev–Trinajstić information content (AvgIpc) is 3.76. The highest BCUT2D eigenvalue weighted by atomic mass is 32.2. The van der Waals surface area contributed by atoms with Gasteiger partial charge >= 0.3 is 5.97 Å². The third kappa shape index (κ3) is 7.96. The fourth-order valence-electron chi connectivity index (χ4n) is 5.14. The number of nitrogens with zero attached hydrogens (tertiary/aromatic N) is 7. The maximum atomic E-state index is 13.6. The molecule has 288 valence electrons. The minimum Gasteiger partial charge on any atom is -0.504 e. The number of aliphatic hydroxyl groups is 1. The Morgan fingerprint density at radius 1 is 1.13 bits per heavy atom. The lowest BCUT2D eigenvalue weighted by atomic mass is 10.0.